The molecule has 134 valence electrons. The van der Waals surface area contributed by atoms with E-state index in [9.17, 15) is 9.59 Å². The Balaban J connectivity index is 1.97. The molecular formula is C21H22N2O3. The van der Waals surface area contributed by atoms with Gasteiger partial charge in [0.2, 0.25) is 0 Å². The number of rotatable bonds is 6. The fraction of sp³-hybridized carbons (Fsp3) is 0.238. The van der Waals surface area contributed by atoms with Gasteiger partial charge in [-0.15, -0.1) is 0 Å². The van der Waals surface area contributed by atoms with Crippen LogP contribution in [0.5, 0.6) is 0 Å². The Bertz CT molecular complexity index is 941. The highest BCUT2D eigenvalue weighted by Gasteiger charge is 2.24. The molecule has 0 aliphatic carbocycles. The van der Waals surface area contributed by atoms with Crippen molar-refractivity contribution in [2.75, 3.05) is 0 Å². The van der Waals surface area contributed by atoms with E-state index in [4.69, 9.17) is 4.74 Å². The van der Waals surface area contributed by atoms with Gasteiger partial charge in [0, 0.05) is 6.54 Å². The van der Waals surface area contributed by atoms with Crippen LogP contribution in [0.3, 0.4) is 0 Å². The van der Waals surface area contributed by atoms with Gasteiger partial charge in [-0.25, -0.2) is 9.48 Å². The molecule has 0 bridgehead atoms. The van der Waals surface area contributed by atoms with Gasteiger partial charge in [0.05, 0.1) is 11.4 Å². The average molecular weight is 350 g/mol. The fourth-order valence-electron chi connectivity index (χ4n) is 2.98. The highest BCUT2D eigenvalue weighted by atomic mass is 16.5. The molecule has 0 saturated heterocycles. The van der Waals surface area contributed by atoms with Gasteiger partial charge in [-0.05, 0) is 31.0 Å². The molecule has 0 amide bonds. The van der Waals surface area contributed by atoms with E-state index in [0.717, 1.165) is 17.7 Å². The first-order valence-electron chi connectivity index (χ1n) is 8.72. The minimum atomic E-state index is -0.587. The Labute approximate surface area is 152 Å². The Morgan fingerprint density at radius 2 is 1.62 bits per heavy atom. The second-order valence-corrected chi connectivity index (χ2v) is 6.10. The maximum Gasteiger partial charge on any atom is 0.346 e. The summed E-state index contributed by atoms with van der Waals surface area (Å²) in [6.07, 6.45) is 0.848. The van der Waals surface area contributed by atoms with E-state index in [2.05, 4.69) is 0 Å². The first kappa shape index (κ1) is 17.7. The van der Waals surface area contributed by atoms with E-state index in [1.165, 1.54) is 0 Å². The van der Waals surface area contributed by atoms with Gasteiger partial charge in [0.15, 0.2) is 0 Å². The van der Waals surface area contributed by atoms with Crippen molar-refractivity contribution in [1.29, 1.82) is 0 Å². The number of esters is 1. The van der Waals surface area contributed by atoms with E-state index in [1.54, 1.807) is 11.6 Å². The average Bonchev–Trinajstić information content (AvgIpc) is 2.92. The summed E-state index contributed by atoms with van der Waals surface area (Å²) < 4.78 is 8.79. The zero-order valence-electron chi connectivity index (χ0n) is 15.0. The van der Waals surface area contributed by atoms with Gasteiger partial charge in [0.1, 0.15) is 12.2 Å². The summed E-state index contributed by atoms with van der Waals surface area (Å²) in [7, 11) is 0. The summed E-state index contributed by atoms with van der Waals surface area (Å²) in [6.45, 7) is 4.60. The molecule has 26 heavy (non-hydrogen) atoms. The lowest BCUT2D eigenvalue weighted by Gasteiger charge is -2.12. The van der Waals surface area contributed by atoms with Crippen LogP contribution in [0.15, 0.2) is 65.5 Å². The van der Waals surface area contributed by atoms with Gasteiger partial charge in [-0.1, -0.05) is 55.5 Å². The number of aromatic nitrogens is 2. The highest BCUT2D eigenvalue weighted by molar-refractivity contribution is 5.90. The lowest BCUT2D eigenvalue weighted by Crippen LogP contribution is -2.24. The van der Waals surface area contributed by atoms with Crippen LogP contribution in [0.2, 0.25) is 0 Å². The minimum absolute atomic E-state index is 0.0956. The van der Waals surface area contributed by atoms with Crippen molar-refractivity contribution in [1.82, 2.24) is 9.36 Å². The summed E-state index contributed by atoms with van der Waals surface area (Å²) in [5.41, 5.74) is 1.99. The number of benzene rings is 2. The molecule has 0 spiro atoms. The Morgan fingerprint density at radius 3 is 2.23 bits per heavy atom. The van der Waals surface area contributed by atoms with Crippen LogP contribution in [0.25, 0.3) is 5.69 Å². The molecule has 2 aromatic carbocycles. The maximum absolute atomic E-state index is 13.0. The van der Waals surface area contributed by atoms with Crippen LogP contribution in [-0.4, -0.2) is 15.3 Å². The van der Waals surface area contributed by atoms with Crippen molar-refractivity contribution >= 4 is 5.97 Å². The fourth-order valence-corrected chi connectivity index (χ4v) is 2.98. The molecule has 0 fully saturated rings. The normalized spacial score (nSPS) is 10.7. The quantitative estimate of drug-likeness (QED) is 0.637. The molecule has 0 atom stereocenters. The van der Waals surface area contributed by atoms with Gasteiger partial charge in [-0.3, -0.25) is 9.48 Å². The van der Waals surface area contributed by atoms with E-state index in [-0.39, 0.29) is 17.7 Å². The van der Waals surface area contributed by atoms with E-state index in [0.29, 0.717) is 12.2 Å². The number of hydrogen-bond donors (Lipinski definition) is 0. The molecule has 3 aromatic rings. The third kappa shape index (κ3) is 3.47. The third-order valence-corrected chi connectivity index (χ3v) is 4.25. The Kier molecular flexibility index (Phi) is 5.37. The van der Waals surface area contributed by atoms with Gasteiger partial charge in [0.25, 0.3) is 5.56 Å². The lowest BCUT2D eigenvalue weighted by molar-refractivity contribution is 0.0470. The van der Waals surface area contributed by atoms with Crippen LogP contribution in [0.4, 0.5) is 0 Å². The van der Waals surface area contributed by atoms with Crippen LogP contribution < -0.4 is 5.56 Å². The van der Waals surface area contributed by atoms with E-state index in [1.807, 2.05) is 72.3 Å². The zero-order valence-corrected chi connectivity index (χ0v) is 15.0. The zero-order chi connectivity index (χ0) is 18.5. The summed E-state index contributed by atoms with van der Waals surface area (Å²) in [5.74, 6) is -0.587. The second kappa shape index (κ2) is 7.87. The van der Waals surface area contributed by atoms with Crippen molar-refractivity contribution in [3.63, 3.8) is 0 Å². The topological polar surface area (TPSA) is 53.2 Å². The molecule has 0 N–H and O–H groups in total. The first-order valence-corrected chi connectivity index (χ1v) is 8.72. The molecular weight excluding hydrogens is 328 g/mol. The van der Waals surface area contributed by atoms with Gasteiger partial charge >= 0.3 is 5.97 Å². The van der Waals surface area contributed by atoms with Gasteiger partial charge < -0.3 is 4.74 Å². The van der Waals surface area contributed by atoms with Crippen LogP contribution in [0, 0.1) is 6.92 Å². The molecule has 1 aromatic heterocycles. The maximum atomic E-state index is 13.0. The summed E-state index contributed by atoms with van der Waals surface area (Å²) in [4.78, 5) is 25.6. The third-order valence-electron chi connectivity index (χ3n) is 4.25. The number of para-hydroxylation sites is 1. The van der Waals surface area contributed by atoms with Gasteiger partial charge in [-0.2, -0.15) is 0 Å². The van der Waals surface area contributed by atoms with Crippen molar-refractivity contribution in [3.05, 3.63) is 87.8 Å². The predicted molar refractivity (Wildman–Crippen MR) is 101 cm³/mol. The molecule has 5 nitrogen and oxygen atoms in total. The SMILES string of the molecule is CCCn1c(C)c(C(=O)OCc2ccccc2)c(=O)n1-c1ccccc1. The van der Waals surface area contributed by atoms with Crippen molar-refractivity contribution in [2.24, 2.45) is 0 Å². The molecule has 0 saturated carbocycles. The smallest absolute Gasteiger partial charge is 0.346 e. The molecule has 0 aliphatic rings. The predicted octanol–water partition coefficient (Wildman–Crippen LogP) is 3.71. The number of carbonyl (C=O) groups excluding carboxylic acids is 1. The van der Waals surface area contributed by atoms with Crippen molar-refractivity contribution in [3.8, 4) is 5.69 Å². The molecule has 3 rings (SSSR count). The molecule has 0 unspecified atom stereocenters. The standard InChI is InChI=1S/C21H22N2O3/c1-3-14-22-16(2)19(20(24)23(22)18-12-8-5-9-13-18)21(25)26-15-17-10-6-4-7-11-17/h4-13H,3,14-15H2,1-2H3. The van der Waals surface area contributed by atoms with E-state index >= 15 is 0 Å². The van der Waals surface area contributed by atoms with Crippen LogP contribution in [0.1, 0.15) is 35.0 Å². The monoisotopic (exact) mass is 350 g/mol. The second-order valence-electron chi connectivity index (χ2n) is 6.10. The van der Waals surface area contributed by atoms with Crippen molar-refractivity contribution < 1.29 is 9.53 Å². The van der Waals surface area contributed by atoms with Crippen molar-refractivity contribution in [2.45, 2.75) is 33.4 Å². The molecule has 5 heteroatoms. The largest absolute Gasteiger partial charge is 0.457 e. The Morgan fingerprint density at radius 1 is 1.00 bits per heavy atom. The summed E-state index contributed by atoms with van der Waals surface area (Å²) in [6, 6.07) is 18.8. The lowest BCUT2D eigenvalue weighted by atomic mass is 10.2. The molecule has 1 heterocycles. The number of hydrogen-bond acceptors (Lipinski definition) is 3. The number of nitrogens with zero attached hydrogens (tertiary/aromatic N) is 2. The molecule has 0 aliphatic heterocycles. The minimum Gasteiger partial charge on any atom is -0.457 e. The Hall–Kier alpha value is -3.08. The summed E-state index contributed by atoms with van der Waals surface area (Å²) in [5, 5.41) is 0. The van der Waals surface area contributed by atoms with Crippen LogP contribution in [-0.2, 0) is 17.9 Å². The number of ether oxygens (including phenoxy) is 1. The summed E-state index contributed by atoms with van der Waals surface area (Å²) >= 11 is 0. The van der Waals surface area contributed by atoms with E-state index < -0.39 is 5.97 Å². The molecule has 0 radical (unpaired) electrons. The van der Waals surface area contributed by atoms with Crippen LogP contribution >= 0.6 is 0 Å². The number of carbonyl (C=O) groups is 1. The first-order chi connectivity index (χ1) is 12.6. The highest BCUT2D eigenvalue weighted by Crippen LogP contribution is 2.14.